The van der Waals surface area contributed by atoms with Crippen molar-refractivity contribution in [2.24, 2.45) is 5.16 Å². The quantitative estimate of drug-likeness (QED) is 0.374. The zero-order valence-corrected chi connectivity index (χ0v) is 17.3. The number of carbonyl (C=O) groups excluding carboxylic acids is 1. The third-order valence-electron chi connectivity index (χ3n) is 3.40. The molecule has 0 radical (unpaired) electrons. The first-order valence-corrected chi connectivity index (χ1v) is 11.0. The van der Waals surface area contributed by atoms with Crippen molar-refractivity contribution in [2.75, 3.05) is 5.75 Å². The molecule has 1 aliphatic heterocycles. The molecular formula is C19H20N2O5S2. The molecule has 0 spiro atoms. The van der Waals surface area contributed by atoms with Crippen molar-refractivity contribution in [2.45, 2.75) is 33.3 Å². The van der Waals surface area contributed by atoms with E-state index in [1.165, 1.54) is 0 Å². The van der Waals surface area contributed by atoms with Gasteiger partial charge in [-0.3, -0.25) is 4.28 Å². The van der Waals surface area contributed by atoms with Crippen molar-refractivity contribution in [3.8, 4) is 6.07 Å². The van der Waals surface area contributed by atoms with Crippen LogP contribution < -0.4 is 0 Å². The van der Waals surface area contributed by atoms with Gasteiger partial charge in [0.15, 0.2) is 0 Å². The summed E-state index contributed by atoms with van der Waals surface area (Å²) in [4.78, 5) is 12.9. The van der Waals surface area contributed by atoms with E-state index in [9.17, 15) is 18.5 Å². The fourth-order valence-electron chi connectivity index (χ4n) is 2.30. The van der Waals surface area contributed by atoms with Crippen LogP contribution in [0.5, 0.6) is 0 Å². The Bertz CT molecular complexity index is 986. The number of rotatable bonds is 7. The van der Waals surface area contributed by atoms with Crippen molar-refractivity contribution in [1.82, 2.24) is 0 Å². The first-order valence-electron chi connectivity index (χ1n) is 8.57. The topological polar surface area (TPSA) is 106 Å². The number of thioether (sulfide) groups is 1. The van der Waals surface area contributed by atoms with Crippen LogP contribution in [-0.2, 0) is 19.1 Å². The lowest BCUT2D eigenvalue weighted by atomic mass is 10.00. The first-order chi connectivity index (χ1) is 13.3. The minimum Gasteiger partial charge on any atom is -0.459 e. The summed E-state index contributed by atoms with van der Waals surface area (Å²) < 4.78 is 33.1. The Morgan fingerprint density at radius 2 is 1.93 bits per heavy atom. The van der Waals surface area contributed by atoms with E-state index in [0.29, 0.717) is 21.9 Å². The van der Waals surface area contributed by atoms with Crippen LogP contribution in [0.25, 0.3) is 5.57 Å². The lowest BCUT2D eigenvalue weighted by Gasteiger charge is -2.12. The second-order valence-electron chi connectivity index (χ2n) is 6.05. The highest BCUT2D eigenvalue weighted by molar-refractivity contribution is 8.18. The van der Waals surface area contributed by atoms with Gasteiger partial charge in [-0.25, -0.2) is 4.79 Å². The van der Waals surface area contributed by atoms with Crippen LogP contribution in [0.2, 0.25) is 0 Å². The number of esters is 1. The summed E-state index contributed by atoms with van der Waals surface area (Å²) in [5, 5.41) is 13.6. The van der Waals surface area contributed by atoms with E-state index in [2.05, 4.69) is 15.5 Å². The number of hydrogen-bond acceptors (Lipinski definition) is 8. The standard InChI is InChI=1S/C19H20N2O5S2/c1-4-11-28(23,24)26-21-18-10-9-17(27-18)16(12-20)14-7-5-6-8-15(14)19(22)25-13(2)3/h5-10,13H,4,11H2,1-3H3. The molecule has 0 amide bonds. The first kappa shape index (κ1) is 21.7. The molecule has 0 N–H and O–H groups in total. The second kappa shape index (κ2) is 9.57. The number of carbonyl (C=O) groups is 1. The van der Waals surface area contributed by atoms with Gasteiger partial charge < -0.3 is 4.74 Å². The van der Waals surface area contributed by atoms with Crippen molar-refractivity contribution in [3.05, 3.63) is 52.4 Å². The summed E-state index contributed by atoms with van der Waals surface area (Å²) in [6.07, 6.45) is 3.31. The van der Waals surface area contributed by atoms with Gasteiger partial charge in [0.2, 0.25) is 0 Å². The molecule has 1 aromatic rings. The summed E-state index contributed by atoms with van der Waals surface area (Å²) in [6.45, 7) is 5.21. The fourth-order valence-corrected chi connectivity index (χ4v) is 3.94. The predicted molar refractivity (Wildman–Crippen MR) is 109 cm³/mol. The fraction of sp³-hybridized carbons (Fsp3) is 0.316. The maximum Gasteiger partial charge on any atom is 0.339 e. The van der Waals surface area contributed by atoms with E-state index in [1.807, 2.05) is 0 Å². The molecule has 0 bridgehead atoms. The molecule has 2 rings (SSSR count). The second-order valence-corrected chi connectivity index (χ2v) is 8.79. The predicted octanol–water partition coefficient (Wildman–Crippen LogP) is 3.86. The minimum atomic E-state index is -3.72. The molecule has 0 atom stereocenters. The van der Waals surface area contributed by atoms with E-state index in [0.717, 1.165) is 11.8 Å². The zero-order chi connectivity index (χ0) is 20.7. The van der Waals surface area contributed by atoms with Crippen molar-refractivity contribution in [3.63, 3.8) is 0 Å². The molecule has 9 heteroatoms. The highest BCUT2D eigenvalue weighted by Gasteiger charge is 2.22. The van der Waals surface area contributed by atoms with Gasteiger partial charge >= 0.3 is 16.1 Å². The van der Waals surface area contributed by atoms with E-state index in [-0.39, 0.29) is 23.0 Å². The number of benzene rings is 1. The summed E-state index contributed by atoms with van der Waals surface area (Å²) in [7, 11) is -3.72. The van der Waals surface area contributed by atoms with E-state index >= 15 is 0 Å². The molecule has 0 aliphatic carbocycles. The molecule has 0 unspecified atom stereocenters. The molecular weight excluding hydrogens is 400 g/mol. The lowest BCUT2D eigenvalue weighted by molar-refractivity contribution is 0.0377. The number of allylic oxidation sites excluding steroid dienone is 2. The number of oxime groups is 1. The Hall–Kier alpha value is -2.57. The van der Waals surface area contributed by atoms with E-state index in [4.69, 9.17) is 4.74 Å². The summed E-state index contributed by atoms with van der Waals surface area (Å²) in [6, 6.07) is 8.77. The maximum absolute atomic E-state index is 12.4. The lowest BCUT2D eigenvalue weighted by Crippen LogP contribution is -2.13. The number of nitriles is 1. The maximum atomic E-state index is 12.4. The van der Waals surface area contributed by atoms with Crippen molar-refractivity contribution < 1.29 is 22.2 Å². The van der Waals surface area contributed by atoms with Gasteiger partial charge in [-0.2, -0.15) is 13.7 Å². The Balaban J connectivity index is 2.32. The normalized spacial score (nSPS) is 16.9. The molecule has 0 saturated heterocycles. The van der Waals surface area contributed by atoms with Gasteiger partial charge in [0, 0.05) is 10.5 Å². The van der Waals surface area contributed by atoms with Gasteiger partial charge in [0.1, 0.15) is 11.1 Å². The Morgan fingerprint density at radius 3 is 2.54 bits per heavy atom. The van der Waals surface area contributed by atoms with Gasteiger partial charge in [-0.05, 0) is 38.5 Å². The Morgan fingerprint density at radius 1 is 1.25 bits per heavy atom. The summed E-state index contributed by atoms with van der Waals surface area (Å²) in [5.74, 6) is -0.649. The molecule has 7 nitrogen and oxygen atoms in total. The summed E-state index contributed by atoms with van der Waals surface area (Å²) in [5.41, 5.74) is 0.976. The highest BCUT2D eigenvalue weighted by Crippen LogP contribution is 2.35. The van der Waals surface area contributed by atoms with Crippen LogP contribution in [-0.4, -0.2) is 31.3 Å². The van der Waals surface area contributed by atoms with Crippen LogP contribution in [0.15, 0.2) is 46.5 Å². The number of ether oxygens (including phenoxy) is 1. The van der Waals surface area contributed by atoms with Gasteiger partial charge in [0.25, 0.3) is 0 Å². The average molecular weight is 421 g/mol. The van der Waals surface area contributed by atoms with Crippen LogP contribution in [0.4, 0.5) is 0 Å². The summed E-state index contributed by atoms with van der Waals surface area (Å²) >= 11 is 1.09. The smallest absolute Gasteiger partial charge is 0.339 e. The van der Waals surface area contributed by atoms with Crippen molar-refractivity contribution >= 4 is 38.5 Å². The molecule has 1 aliphatic rings. The van der Waals surface area contributed by atoms with Crippen LogP contribution >= 0.6 is 11.8 Å². The van der Waals surface area contributed by atoms with E-state index < -0.39 is 16.1 Å². The Kier molecular flexibility index (Phi) is 7.43. The monoisotopic (exact) mass is 420 g/mol. The van der Waals surface area contributed by atoms with Gasteiger partial charge in [-0.15, -0.1) is 0 Å². The van der Waals surface area contributed by atoms with Gasteiger partial charge in [0.05, 0.1) is 23.0 Å². The molecule has 0 aromatic heterocycles. The van der Waals surface area contributed by atoms with Gasteiger partial charge in [-0.1, -0.05) is 42.0 Å². The third-order valence-corrected chi connectivity index (χ3v) is 5.59. The van der Waals surface area contributed by atoms with Crippen LogP contribution in [0.1, 0.15) is 43.1 Å². The molecule has 28 heavy (non-hydrogen) atoms. The van der Waals surface area contributed by atoms with Crippen molar-refractivity contribution in [1.29, 1.82) is 5.26 Å². The molecule has 1 aromatic carbocycles. The molecule has 148 valence electrons. The largest absolute Gasteiger partial charge is 0.459 e. The number of nitrogens with zero attached hydrogens (tertiary/aromatic N) is 2. The van der Waals surface area contributed by atoms with Crippen LogP contribution in [0.3, 0.4) is 0 Å². The average Bonchev–Trinajstić information content (AvgIpc) is 3.09. The molecule has 1 heterocycles. The third kappa shape index (κ3) is 5.71. The molecule has 0 saturated carbocycles. The SMILES string of the molecule is CCCS(=O)(=O)ON=C1C=CC(=C(C#N)c2ccccc2C(=O)OC(C)C)S1. The minimum absolute atomic E-state index is 0.129. The zero-order valence-electron chi connectivity index (χ0n) is 15.7. The Labute approximate surface area is 168 Å². The molecule has 0 fully saturated rings. The van der Waals surface area contributed by atoms with E-state index in [1.54, 1.807) is 57.2 Å². The highest BCUT2D eigenvalue weighted by atomic mass is 32.2. The number of hydrogen-bond donors (Lipinski definition) is 0. The van der Waals surface area contributed by atoms with Crippen LogP contribution in [0, 0.1) is 11.3 Å².